The van der Waals surface area contributed by atoms with Gasteiger partial charge in [0.15, 0.2) is 0 Å². The molecule has 0 aliphatic rings. The molecule has 0 unspecified atom stereocenters. The second-order valence-corrected chi connectivity index (χ2v) is 11.0. The molecule has 0 saturated carbocycles. The predicted octanol–water partition coefficient (Wildman–Crippen LogP) is 2.26. The van der Waals surface area contributed by atoms with E-state index in [4.69, 9.17) is 9.47 Å². The van der Waals surface area contributed by atoms with E-state index in [1.807, 2.05) is 0 Å². The zero-order valence-electron chi connectivity index (χ0n) is 27.0. The number of ketones is 2. The Bertz CT molecular complexity index is 1660. The molecule has 2 aromatic carbocycles. The normalized spacial score (nSPS) is 11.0. The number of methoxy groups -OCH3 is 2. The molecule has 0 atom stereocenters. The molecule has 0 aliphatic heterocycles. The minimum Gasteiger partial charge on any atom is -0.465 e. The topological polar surface area (TPSA) is 201 Å². The zero-order valence-corrected chi connectivity index (χ0v) is 27.0. The summed E-state index contributed by atoms with van der Waals surface area (Å²) in [5.74, 6) is -3.64. The van der Waals surface area contributed by atoms with Crippen LogP contribution in [-0.4, -0.2) is 98.8 Å². The van der Waals surface area contributed by atoms with Crippen LogP contribution < -0.4 is 21.3 Å². The highest BCUT2D eigenvalue weighted by Crippen LogP contribution is 2.22. The van der Waals surface area contributed by atoms with Crippen molar-refractivity contribution in [2.24, 2.45) is 0 Å². The van der Waals surface area contributed by atoms with Gasteiger partial charge in [-0.2, -0.15) is 0 Å². The van der Waals surface area contributed by atoms with Crippen molar-refractivity contribution < 1.29 is 38.2 Å². The van der Waals surface area contributed by atoms with Crippen LogP contribution in [0.25, 0.3) is 21.8 Å². The summed E-state index contributed by atoms with van der Waals surface area (Å²) in [6.07, 6.45) is 6.16. The summed E-state index contributed by atoms with van der Waals surface area (Å²) in [5, 5.41) is 13.1. The van der Waals surface area contributed by atoms with Crippen molar-refractivity contribution in [3.05, 3.63) is 71.0 Å². The monoisotopic (exact) mass is 660 g/mol. The van der Waals surface area contributed by atoms with Crippen LogP contribution in [0, 0.1) is 0 Å². The Morgan fingerprint density at radius 3 is 1.35 bits per heavy atom. The summed E-state index contributed by atoms with van der Waals surface area (Å²) in [6.45, 7) is 3.72. The highest BCUT2D eigenvalue weighted by Gasteiger charge is 2.21. The second kappa shape index (κ2) is 17.5. The van der Waals surface area contributed by atoms with Gasteiger partial charge in [0.1, 0.15) is 0 Å². The molecule has 2 amide bonds. The summed E-state index contributed by atoms with van der Waals surface area (Å²) in [6, 6.07) is 9.47. The van der Waals surface area contributed by atoms with Crippen LogP contribution in [0.3, 0.4) is 0 Å². The molecule has 14 heteroatoms. The average molecular weight is 661 g/mol. The number of carbonyl (C=O) groups excluding carboxylic acids is 6. The lowest BCUT2D eigenvalue weighted by Gasteiger charge is -2.08. The van der Waals surface area contributed by atoms with E-state index in [0.717, 1.165) is 25.9 Å². The molecule has 0 aliphatic carbocycles. The lowest BCUT2D eigenvalue weighted by atomic mass is 10.1. The van der Waals surface area contributed by atoms with Crippen LogP contribution in [0.2, 0.25) is 0 Å². The average Bonchev–Trinajstić information content (AvgIpc) is 3.74. The van der Waals surface area contributed by atoms with E-state index in [1.165, 1.54) is 26.6 Å². The first-order chi connectivity index (χ1) is 23.2. The number of esters is 2. The van der Waals surface area contributed by atoms with Crippen LogP contribution in [0.1, 0.15) is 67.1 Å². The summed E-state index contributed by atoms with van der Waals surface area (Å²) >= 11 is 0. The van der Waals surface area contributed by atoms with E-state index >= 15 is 0 Å². The molecule has 0 radical (unpaired) electrons. The summed E-state index contributed by atoms with van der Waals surface area (Å²) in [7, 11) is 2.58. The van der Waals surface area contributed by atoms with Crippen LogP contribution >= 0.6 is 0 Å². The van der Waals surface area contributed by atoms with E-state index in [1.54, 1.807) is 36.4 Å². The van der Waals surface area contributed by atoms with Crippen LogP contribution in [0.4, 0.5) is 0 Å². The molecular weight excluding hydrogens is 620 g/mol. The molecule has 14 nitrogen and oxygen atoms in total. The molecule has 48 heavy (non-hydrogen) atoms. The Labute approximate surface area is 276 Å². The molecule has 2 heterocycles. The number of aromatic amines is 2. The number of benzene rings is 2. The van der Waals surface area contributed by atoms with Gasteiger partial charge in [0.2, 0.25) is 0 Å². The fraction of sp³-hybridized carbons (Fsp3) is 0.353. The molecule has 0 fully saturated rings. The number of amides is 2. The van der Waals surface area contributed by atoms with Crippen molar-refractivity contribution in [3.8, 4) is 0 Å². The number of unbranched alkanes of at least 4 members (excludes halogenated alkanes) is 1. The largest absolute Gasteiger partial charge is 0.465 e. The summed E-state index contributed by atoms with van der Waals surface area (Å²) in [5.41, 5.74) is 2.30. The number of H-pyrrole nitrogens is 2. The number of Topliss-reactive ketones (excluding diaryl/α,β-unsaturated/α-hetero) is 2. The number of hydrogen-bond acceptors (Lipinski definition) is 10. The maximum Gasteiger partial charge on any atom is 0.337 e. The van der Waals surface area contributed by atoms with Gasteiger partial charge in [0.25, 0.3) is 23.4 Å². The molecule has 0 spiro atoms. The SMILES string of the molecule is COC(=O)c1ccc2c(C(=O)C(=O)NCCCNCCCCNCCCNC(=O)C(=O)c3c[nH]c4cc(C(=O)OC)ccc34)c[nH]c2c1. The Morgan fingerprint density at radius 2 is 0.958 bits per heavy atom. The quantitative estimate of drug-likeness (QED) is 0.0375. The molecule has 4 rings (SSSR count). The summed E-state index contributed by atoms with van der Waals surface area (Å²) < 4.78 is 9.42. The molecule has 6 N–H and O–H groups in total. The van der Waals surface area contributed by atoms with E-state index in [-0.39, 0.29) is 11.1 Å². The first-order valence-corrected chi connectivity index (χ1v) is 15.7. The highest BCUT2D eigenvalue weighted by molar-refractivity contribution is 6.45. The first kappa shape index (κ1) is 35.5. The minimum absolute atomic E-state index is 0.241. The van der Waals surface area contributed by atoms with Gasteiger partial charge >= 0.3 is 11.9 Å². The summed E-state index contributed by atoms with van der Waals surface area (Å²) in [4.78, 5) is 79.3. The third-order valence-corrected chi connectivity index (χ3v) is 7.70. The van der Waals surface area contributed by atoms with Crippen LogP contribution in [-0.2, 0) is 19.1 Å². The highest BCUT2D eigenvalue weighted by atomic mass is 16.5. The van der Waals surface area contributed by atoms with Crippen LogP contribution in [0.5, 0.6) is 0 Å². The predicted molar refractivity (Wildman–Crippen MR) is 178 cm³/mol. The van der Waals surface area contributed by atoms with E-state index in [9.17, 15) is 28.8 Å². The number of nitrogens with one attached hydrogen (secondary N) is 6. The second-order valence-electron chi connectivity index (χ2n) is 11.0. The standard InChI is InChI=1S/C34H40N6O8/c1-47-33(45)21-7-9-23-25(19-39-27(23)17-21)29(41)31(43)37-15-5-13-35-11-3-4-12-36-14-6-16-38-32(44)30(42)26-20-40-28-18-22(34(46)48-2)8-10-24(26)28/h7-10,17-20,35-36,39-40H,3-6,11-16H2,1-2H3,(H,37,43)(H,38,44). The molecule has 2 aromatic heterocycles. The Balaban J connectivity index is 1.00. The smallest absolute Gasteiger partial charge is 0.337 e. The van der Waals surface area contributed by atoms with Crippen molar-refractivity contribution in [1.82, 2.24) is 31.2 Å². The maximum absolute atomic E-state index is 12.6. The van der Waals surface area contributed by atoms with Crippen molar-refractivity contribution in [2.45, 2.75) is 25.7 Å². The third kappa shape index (κ3) is 9.14. The van der Waals surface area contributed by atoms with Gasteiger partial charge in [-0.25, -0.2) is 9.59 Å². The van der Waals surface area contributed by atoms with Crippen molar-refractivity contribution in [2.75, 3.05) is 53.5 Å². The Kier molecular flexibility index (Phi) is 13.0. The van der Waals surface area contributed by atoms with E-state index in [0.29, 0.717) is 72.0 Å². The lowest BCUT2D eigenvalue weighted by Crippen LogP contribution is -2.33. The van der Waals surface area contributed by atoms with Crippen molar-refractivity contribution in [3.63, 3.8) is 0 Å². The zero-order chi connectivity index (χ0) is 34.5. The molecule has 0 bridgehead atoms. The number of aromatic nitrogens is 2. The van der Waals surface area contributed by atoms with Gasteiger partial charge in [-0.15, -0.1) is 0 Å². The maximum atomic E-state index is 12.6. The fourth-order valence-corrected chi connectivity index (χ4v) is 5.10. The Morgan fingerprint density at radius 1 is 0.562 bits per heavy atom. The fourth-order valence-electron chi connectivity index (χ4n) is 5.10. The van der Waals surface area contributed by atoms with Gasteiger partial charge in [0, 0.05) is 47.3 Å². The lowest BCUT2D eigenvalue weighted by molar-refractivity contribution is -0.117. The van der Waals surface area contributed by atoms with Gasteiger partial charge in [-0.05, 0) is 76.1 Å². The molecule has 0 saturated heterocycles. The van der Waals surface area contributed by atoms with Gasteiger partial charge in [0.05, 0.1) is 36.5 Å². The Hall–Kier alpha value is -5.34. The molecule has 4 aromatic rings. The number of hydrogen-bond donors (Lipinski definition) is 6. The minimum atomic E-state index is -0.684. The third-order valence-electron chi connectivity index (χ3n) is 7.70. The molecule has 254 valence electrons. The van der Waals surface area contributed by atoms with E-state index < -0.39 is 35.3 Å². The van der Waals surface area contributed by atoms with Gasteiger partial charge in [-0.3, -0.25) is 19.2 Å². The number of rotatable bonds is 19. The van der Waals surface area contributed by atoms with E-state index in [2.05, 4.69) is 31.2 Å². The van der Waals surface area contributed by atoms with Crippen LogP contribution in [0.15, 0.2) is 48.8 Å². The molecular formula is C34H40N6O8. The first-order valence-electron chi connectivity index (χ1n) is 15.7. The number of carbonyl (C=O) groups is 6. The van der Waals surface area contributed by atoms with Gasteiger partial charge < -0.3 is 40.7 Å². The number of ether oxygens (including phenoxy) is 2. The van der Waals surface area contributed by atoms with Gasteiger partial charge in [-0.1, -0.05) is 12.1 Å². The van der Waals surface area contributed by atoms with Crippen molar-refractivity contribution >= 4 is 57.1 Å². The van der Waals surface area contributed by atoms with Crippen molar-refractivity contribution in [1.29, 1.82) is 0 Å². The number of fused-ring (bicyclic) bond motifs is 2.